The molecule has 0 aliphatic carbocycles. The van der Waals surface area contributed by atoms with E-state index in [1.807, 2.05) is 52.8 Å². The molecule has 0 saturated heterocycles. The normalized spacial score (nSPS) is 12.8. The molecule has 2 N–H and O–H groups in total. The maximum Gasteiger partial charge on any atom is 0.243 e. The maximum atomic E-state index is 12.6. The second kappa shape index (κ2) is 10.0. The molecule has 0 saturated carbocycles. The number of carbonyl (C=O) groups is 1. The van der Waals surface area contributed by atoms with Crippen LogP contribution in [0.5, 0.6) is 0 Å². The molecule has 0 radical (unpaired) electrons. The van der Waals surface area contributed by atoms with Gasteiger partial charge in [-0.3, -0.25) is 4.79 Å². The van der Waals surface area contributed by atoms with E-state index in [2.05, 4.69) is 10.6 Å². The van der Waals surface area contributed by atoms with Crippen molar-refractivity contribution in [2.75, 3.05) is 25.0 Å². The van der Waals surface area contributed by atoms with Crippen LogP contribution in [0.15, 0.2) is 47.4 Å². The summed E-state index contributed by atoms with van der Waals surface area (Å²) < 4.78 is 26.6. The average molecular weight is 418 g/mol. The van der Waals surface area contributed by atoms with Gasteiger partial charge in [-0.05, 0) is 55.7 Å². The first-order valence-corrected chi connectivity index (χ1v) is 11.3. The Balaban J connectivity index is 1.98. The van der Waals surface area contributed by atoms with Crippen LogP contribution in [0.25, 0.3) is 0 Å². The minimum absolute atomic E-state index is 0.0930. The minimum atomic E-state index is -3.46. The molecular formula is C22H31N3O3S. The summed E-state index contributed by atoms with van der Waals surface area (Å²) in [6, 6.07) is 12.7. The minimum Gasteiger partial charge on any atom is -0.325 e. The van der Waals surface area contributed by atoms with Gasteiger partial charge in [0.05, 0.1) is 11.4 Å². The lowest BCUT2D eigenvalue weighted by molar-refractivity contribution is -0.115. The van der Waals surface area contributed by atoms with Gasteiger partial charge in [-0.25, -0.2) is 8.42 Å². The molecule has 158 valence electrons. The number of amides is 1. The van der Waals surface area contributed by atoms with Crippen molar-refractivity contribution in [2.45, 2.75) is 45.6 Å². The predicted octanol–water partition coefficient (Wildman–Crippen LogP) is 3.62. The molecule has 2 rings (SSSR count). The van der Waals surface area contributed by atoms with E-state index in [-0.39, 0.29) is 23.4 Å². The number of nitrogens with one attached hydrogen (secondary N) is 2. The van der Waals surface area contributed by atoms with Crippen LogP contribution in [-0.4, -0.2) is 38.3 Å². The van der Waals surface area contributed by atoms with Crippen molar-refractivity contribution in [2.24, 2.45) is 0 Å². The number of hydrogen-bond donors (Lipinski definition) is 2. The summed E-state index contributed by atoms with van der Waals surface area (Å²) in [5, 5.41) is 6.11. The van der Waals surface area contributed by atoms with Gasteiger partial charge in [0.2, 0.25) is 15.9 Å². The average Bonchev–Trinajstić information content (AvgIpc) is 2.69. The van der Waals surface area contributed by atoms with E-state index in [0.29, 0.717) is 13.1 Å². The number of nitrogens with zero attached hydrogens (tertiary/aromatic N) is 1. The fraction of sp³-hybridized carbons (Fsp3) is 0.409. The van der Waals surface area contributed by atoms with E-state index >= 15 is 0 Å². The Morgan fingerprint density at radius 2 is 1.66 bits per heavy atom. The summed E-state index contributed by atoms with van der Waals surface area (Å²) in [4.78, 5) is 12.6. The summed E-state index contributed by atoms with van der Waals surface area (Å²) >= 11 is 0. The highest BCUT2D eigenvalue weighted by Crippen LogP contribution is 2.20. The highest BCUT2D eigenvalue weighted by Gasteiger charge is 2.21. The third-order valence-corrected chi connectivity index (χ3v) is 7.02. The van der Waals surface area contributed by atoms with Crippen LogP contribution >= 0.6 is 0 Å². The smallest absolute Gasteiger partial charge is 0.243 e. The number of rotatable bonds is 9. The summed E-state index contributed by atoms with van der Waals surface area (Å²) in [6.45, 7) is 10.6. The van der Waals surface area contributed by atoms with Gasteiger partial charge < -0.3 is 10.6 Å². The highest BCUT2D eigenvalue weighted by atomic mass is 32.2. The lowest BCUT2D eigenvalue weighted by Crippen LogP contribution is -2.31. The largest absolute Gasteiger partial charge is 0.325 e. The van der Waals surface area contributed by atoms with Gasteiger partial charge in [0.15, 0.2) is 0 Å². The molecule has 0 aliphatic rings. The molecule has 1 amide bonds. The number of carbonyl (C=O) groups excluding carboxylic acids is 1. The molecule has 0 fully saturated rings. The van der Waals surface area contributed by atoms with Gasteiger partial charge in [-0.15, -0.1) is 0 Å². The summed E-state index contributed by atoms with van der Waals surface area (Å²) in [7, 11) is -3.46. The Morgan fingerprint density at radius 3 is 2.24 bits per heavy atom. The van der Waals surface area contributed by atoms with Gasteiger partial charge >= 0.3 is 0 Å². The zero-order valence-electron chi connectivity index (χ0n) is 17.8. The standard InChI is InChI=1S/C22H31N3O3S/c1-6-25(7-2)29(27,28)20-12-10-19(11-13-20)18(5)23-15-22(26)24-21-14-16(3)8-9-17(21)4/h8-14,18,23H,6-7,15H2,1-5H3,(H,24,26)/t18-/m1/s1. The molecule has 6 nitrogen and oxygen atoms in total. The molecule has 0 unspecified atom stereocenters. The van der Waals surface area contributed by atoms with Crippen LogP contribution in [0.2, 0.25) is 0 Å². The van der Waals surface area contributed by atoms with Crippen molar-refractivity contribution in [3.63, 3.8) is 0 Å². The maximum absolute atomic E-state index is 12.6. The van der Waals surface area contributed by atoms with Gasteiger partial charge in [0.1, 0.15) is 0 Å². The van der Waals surface area contributed by atoms with E-state index < -0.39 is 10.0 Å². The van der Waals surface area contributed by atoms with E-state index in [1.54, 1.807) is 24.3 Å². The van der Waals surface area contributed by atoms with Crippen molar-refractivity contribution in [1.82, 2.24) is 9.62 Å². The van der Waals surface area contributed by atoms with Crippen molar-refractivity contribution in [1.29, 1.82) is 0 Å². The molecule has 0 aromatic heterocycles. The SMILES string of the molecule is CCN(CC)S(=O)(=O)c1ccc([C@@H](C)NCC(=O)Nc2cc(C)ccc2C)cc1. The molecule has 2 aromatic rings. The number of anilines is 1. The monoisotopic (exact) mass is 417 g/mol. The summed E-state index contributed by atoms with van der Waals surface area (Å²) in [5.74, 6) is -0.119. The van der Waals surface area contributed by atoms with Crippen molar-refractivity contribution < 1.29 is 13.2 Å². The fourth-order valence-electron chi connectivity index (χ4n) is 3.07. The van der Waals surface area contributed by atoms with Gasteiger partial charge in [0.25, 0.3) is 0 Å². The van der Waals surface area contributed by atoms with Crippen LogP contribution in [0.1, 0.15) is 43.5 Å². The quantitative estimate of drug-likeness (QED) is 0.653. The Bertz CT molecular complexity index is 936. The zero-order valence-corrected chi connectivity index (χ0v) is 18.6. The second-order valence-electron chi connectivity index (χ2n) is 7.13. The van der Waals surface area contributed by atoms with Crippen LogP contribution in [0.4, 0.5) is 5.69 Å². The molecule has 0 spiro atoms. The lowest BCUT2D eigenvalue weighted by atomic mass is 10.1. The third kappa shape index (κ3) is 5.88. The van der Waals surface area contributed by atoms with Gasteiger partial charge in [-0.1, -0.05) is 38.1 Å². The molecule has 2 aromatic carbocycles. The molecule has 1 atom stereocenters. The number of sulfonamides is 1. The van der Waals surface area contributed by atoms with E-state index in [0.717, 1.165) is 22.4 Å². The van der Waals surface area contributed by atoms with E-state index in [4.69, 9.17) is 0 Å². The summed E-state index contributed by atoms with van der Waals surface area (Å²) in [5.41, 5.74) is 3.84. The first-order valence-electron chi connectivity index (χ1n) is 9.89. The first-order chi connectivity index (χ1) is 13.7. The number of aryl methyl sites for hydroxylation is 2. The van der Waals surface area contributed by atoms with E-state index in [1.165, 1.54) is 4.31 Å². The van der Waals surface area contributed by atoms with Crippen LogP contribution in [-0.2, 0) is 14.8 Å². The Kier molecular flexibility index (Phi) is 7.96. The molecule has 0 bridgehead atoms. The Hall–Kier alpha value is -2.22. The second-order valence-corrected chi connectivity index (χ2v) is 9.07. The molecule has 0 aliphatic heterocycles. The molecule has 29 heavy (non-hydrogen) atoms. The lowest BCUT2D eigenvalue weighted by Gasteiger charge is -2.19. The molecular weight excluding hydrogens is 386 g/mol. The number of hydrogen-bond acceptors (Lipinski definition) is 4. The Morgan fingerprint density at radius 1 is 1.03 bits per heavy atom. The van der Waals surface area contributed by atoms with Crippen molar-refractivity contribution in [3.8, 4) is 0 Å². The third-order valence-electron chi connectivity index (χ3n) is 4.96. The van der Waals surface area contributed by atoms with E-state index in [9.17, 15) is 13.2 Å². The van der Waals surface area contributed by atoms with Crippen molar-refractivity contribution in [3.05, 3.63) is 59.2 Å². The van der Waals surface area contributed by atoms with Crippen LogP contribution in [0.3, 0.4) is 0 Å². The zero-order chi connectivity index (χ0) is 21.6. The van der Waals surface area contributed by atoms with Gasteiger partial charge in [-0.2, -0.15) is 4.31 Å². The topological polar surface area (TPSA) is 78.5 Å². The molecule has 0 heterocycles. The highest BCUT2D eigenvalue weighted by molar-refractivity contribution is 7.89. The Labute approximate surface area is 174 Å². The first kappa shape index (κ1) is 23.1. The number of benzene rings is 2. The van der Waals surface area contributed by atoms with Gasteiger partial charge in [0, 0.05) is 24.8 Å². The predicted molar refractivity (Wildman–Crippen MR) is 118 cm³/mol. The fourth-order valence-corrected chi connectivity index (χ4v) is 4.53. The van der Waals surface area contributed by atoms with Crippen LogP contribution < -0.4 is 10.6 Å². The molecule has 7 heteroatoms. The van der Waals surface area contributed by atoms with Crippen molar-refractivity contribution >= 4 is 21.6 Å². The summed E-state index contributed by atoms with van der Waals surface area (Å²) in [6.07, 6.45) is 0. The van der Waals surface area contributed by atoms with Crippen LogP contribution in [0, 0.1) is 13.8 Å².